The van der Waals surface area contributed by atoms with Crippen molar-refractivity contribution in [2.75, 3.05) is 6.54 Å². The Labute approximate surface area is 91.2 Å². The molecule has 0 radical (unpaired) electrons. The number of carboxylic acid groups (broad SMARTS) is 1. The van der Waals surface area contributed by atoms with Crippen LogP contribution in [0.3, 0.4) is 0 Å². The lowest BCUT2D eigenvalue weighted by Gasteiger charge is -2.32. The molecule has 1 aliphatic rings. The minimum absolute atomic E-state index is 0.385. The number of carbonyl (C=O) groups is 1. The van der Waals surface area contributed by atoms with Crippen LogP contribution in [0.5, 0.6) is 0 Å². The molecule has 0 bridgehead atoms. The summed E-state index contributed by atoms with van der Waals surface area (Å²) < 4.78 is 0. The summed E-state index contributed by atoms with van der Waals surface area (Å²) in [6.07, 6.45) is 6.14. The molecule has 4 nitrogen and oxygen atoms in total. The van der Waals surface area contributed by atoms with Crippen molar-refractivity contribution in [1.29, 1.82) is 0 Å². The van der Waals surface area contributed by atoms with Crippen molar-refractivity contribution in [3.8, 4) is 0 Å². The van der Waals surface area contributed by atoms with Crippen LogP contribution in [-0.2, 0) is 4.79 Å². The van der Waals surface area contributed by atoms with Gasteiger partial charge in [0.25, 0.3) is 0 Å². The smallest absolute Gasteiger partial charge is 0.321 e. The summed E-state index contributed by atoms with van der Waals surface area (Å²) in [4.78, 5) is 10.6. The average Bonchev–Trinajstić information content (AvgIpc) is 2.26. The molecule has 0 aromatic rings. The van der Waals surface area contributed by atoms with Gasteiger partial charge < -0.3 is 16.2 Å². The van der Waals surface area contributed by atoms with Gasteiger partial charge in [-0.25, -0.2) is 0 Å². The lowest BCUT2D eigenvalue weighted by Crippen LogP contribution is -2.47. The monoisotopic (exact) mass is 214 g/mol. The summed E-state index contributed by atoms with van der Waals surface area (Å²) in [6.45, 7) is 2.58. The zero-order valence-corrected chi connectivity index (χ0v) is 9.41. The van der Waals surface area contributed by atoms with E-state index in [0.717, 1.165) is 6.42 Å². The predicted octanol–water partition coefficient (Wildman–Crippen LogP) is 0.957. The van der Waals surface area contributed by atoms with Gasteiger partial charge in [-0.05, 0) is 18.8 Å². The molecule has 0 aromatic carbocycles. The van der Waals surface area contributed by atoms with E-state index in [0.29, 0.717) is 18.5 Å². The van der Waals surface area contributed by atoms with Crippen LogP contribution in [0, 0.1) is 5.92 Å². The third-order valence-corrected chi connectivity index (χ3v) is 3.35. The van der Waals surface area contributed by atoms with Crippen LogP contribution in [0.25, 0.3) is 0 Å². The highest BCUT2D eigenvalue weighted by molar-refractivity contribution is 5.73. The lowest BCUT2D eigenvalue weighted by molar-refractivity contribution is -0.138. The van der Waals surface area contributed by atoms with Crippen LogP contribution in [0.15, 0.2) is 0 Å². The van der Waals surface area contributed by atoms with Gasteiger partial charge in [-0.2, -0.15) is 0 Å². The minimum Gasteiger partial charge on any atom is -0.480 e. The standard InChI is InChI=1S/C11H22N2O2/c1-2-8-5-3-4-6-10(8)13-7-9(12)11(14)15/h8-10,13H,2-7,12H2,1H3,(H,14,15). The molecule has 4 N–H and O–H groups in total. The van der Waals surface area contributed by atoms with Crippen LogP contribution in [0.1, 0.15) is 39.0 Å². The Balaban J connectivity index is 2.32. The molecule has 0 aromatic heterocycles. The molecule has 0 spiro atoms. The first-order valence-corrected chi connectivity index (χ1v) is 5.87. The normalized spacial score (nSPS) is 28.7. The number of hydrogen-bond donors (Lipinski definition) is 3. The highest BCUT2D eigenvalue weighted by Crippen LogP contribution is 2.26. The minimum atomic E-state index is -0.925. The third kappa shape index (κ3) is 3.80. The predicted molar refractivity (Wildman–Crippen MR) is 59.7 cm³/mol. The van der Waals surface area contributed by atoms with E-state index in [9.17, 15) is 4.79 Å². The largest absolute Gasteiger partial charge is 0.480 e. The molecule has 1 rings (SSSR count). The molecule has 0 heterocycles. The fraction of sp³-hybridized carbons (Fsp3) is 0.909. The number of aliphatic carboxylic acids is 1. The van der Waals surface area contributed by atoms with Gasteiger partial charge in [0.05, 0.1) is 0 Å². The summed E-state index contributed by atoms with van der Waals surface area (Å²) >= 11 is 0. The number of rotatable bonds is 5. The first kappa shape index (κ1) is 12.5. The summed E-state index contributed by atoms with van der Waals surface area (Å²) in [6, 6.07) is -0.307. The SMILES string of the molecule is CCC1CCCCC1NCC(N)C(=O)O. The molecule has 1 aliphatic carbocycles. The van der Waals surface area contributed by atoms with Gasteiger partial charge in [-0.15, -0.1) is 0 Å². The van der Waals surface area contributed by atoms with E-state index in [-0.39, 0.29) is 0 Å². The number of carboxylic acids is 1. The molecule has 0 aliphatic heterocycles. The van der Waals surface area contributed by atoms with Crippen molar-refractivity contribution >= 4 is 5.97 Å². The second kappa shape index (κ2) is 6.08. The van der Waals surface area contributed by atoms with Gasteiger partial charge in [-0.1, -0.05) is 26.2 Å². The van der Waals surface area contributed by atoms with E-state index in [2.05, 4.69) is 12.2 Å². The number of nitrogens with one attached hydrogen (secondary N) is 1. The quantitative estimate of drug-likeness (QED) is 0.637. The molecular weight excluding hydrogens is 192 g/mol. The van der Waals surface area contributed by atoms with E-state index in [1.807, 2.05) is 0 Å². The molecule has 0 amide bonds. The summed E-state index contributed by atoms with van der Waals surface area (Å²) in [5.74, 6) is -0.230. The van der Waals surface area contributed by atoms with E-state index >= 15 is 0 Å². The van der Waals surface area contributed by atoms with Crippen molar-refractivity contribution in [3.05, 3.63) is 0 Å². The fourth-order valence-electron chi connectivity index (χ4n) is 2.33. The van der Waals surface area contributed by atoms with Crippen molar-refractivity contribution in [1.82, 2.24) is 5.32 Å². The summed E-state index contributed by atoms with van der Waals surface area (Å²) in [5.41, 5.74) is 5.46. The second-order valence-electron chi connectivity index (χ2n) is 4.41. The maximum atomic E-state index is 10.6. The van der Waals surface area contributed by atoms with E-state index < -0.39 is 12.0 Å². The van der Waals surface area contributed by atoms with Gasteiger partial charge in [0.15, 0.2) is 0 Å². The van der Waals surface area contributed by atoms with E-state index in [1.165, 1.54) is 25.7 Å². The zero-order chi connectivity index (χ0) is 11.3. The van der Waals surface area contributed by atoms with E-state index in [4.69, 9.17) is 10.8 Å². The molecule has 3 atom stereocenters. The van der Waals surface area contributed by atoms with Gasteiger partial charge in [0, 0.05) is 12.6 Å². The molecule has 0 saturated heterocycles. The highest BCUT2D eigenvalue weighted by atomic mass is 16.4. The van der Waals surface area contributed by atoms with Gasteiger partial charge >= 0.3 is 5.97 Å². The second-order valence-corrected chi connectivity index (χ2v) is 4.41. The first-order valence-electron chi connectivity index (χ1n) is 5.87. The summed E-state index contributed by atoms with van der Waals surface area (Å²) in [7, 11) is 0. The Morgan fingerprint density at radius 2 is 2.20 bits per heavy atom. The number of nitrogens with two attached hydrogens (primary N) is 1. The highest BCUT2D eigenvalue weighted by Gasteiger charge is 2.24. The first-order chi connectivity index (χ1) is 7.15. The molecular formula is C11H22N2O2. The Bertz CT molecular complexity index is 209. The van der Waals surface area contributed by atoms with Gasteiger partial charge in [-0.3, -0.25) is 4.79 Å². The Hall–Kier alpha value is -0.610. The average molecular weight is 214 g/mol. The maximum absolute atomic E-state index is 10.6. The lowest BCUT2D eigenvalue weighted by atomic mass is 9.83. The molecule has 1 saturated carbocycles. The Morgan fingerprint density at radius 1 is 1.53 bits per heavy atom. The van der Waals surface area contributed by atoms with Crippen LogP contribution in [0.4, 0.5) is 0 Å². The summed E-state index contributed by atoms with van der Waals surface area (Å²) in [5, 5.41) is 12.0. The molecule has 3 unspecified atom stereocenters. The maximum Gasteiger partial charge on any atom is 0.321 e. The third-order valence-electron chi connectivity index (χ3n) is 3.35. The van der Waals surface area contributed by atoms with E-state index in [1.54, 1.807) is 0 Å². The van der Waals surface area contributed by atoms with Crippen molar-refractivity contribution in [3.63, 3.8) is 0 Å². The molecule has 1 fully saturated rings. The fourth-order valence-corrected chi connectivity index (χ4v) is 2.33. The topological polar surface area (TPSA) is 75.3 Å². The van der Waals surface area contributed by atoms with Gasteiger partial charge in [0.2, 0.25) is 0 Å². The van der Waals surface area contributed by atoms with Crippen molar-refractivity contribution in [2.45, 2.75) is 51.1 Å². The van der Waals surface area contributed by atoms with Crippen LogP contribution in [-0.4, -0.2) is 29.7 Å². The Morgan fingerprint density at radius 3 is 2.80 bits per heavy atom. The Kier molecular flexibility index (Phi) is 5.05. The molecule has 4 heteroatoms. The van der Waals surface area contributed by atoms with Crippen LogP contribution < -0.4 is 11.1 Å². The van der Waals surface area contributed by atoms with Crippen LogP contribution >= 0.6 is 0 Å². The number of hydrogen-bond acceptors (Lipinski definition) is 3. The molecule has 15 heavy (non-hydrogen) atoms. The zero-order valence-electron chi connectivity index (χ0n) is 9.41. The molecule has 88 valence electrons. The van der Waals surface area contributed by atoms with Crippen molar-refractivity contribution < 1.29 is 9.90 Å². The van der Waals surface area contributed by atoms with Gasteiger partial charge in [0.1, 0.15) is 6.04 Å². The van der Waals surface area contributed by atoms with Crippen LogP contribution in [0.2, 0.25) is 0 Å². The van der Waals surface area contributed by atoms with Crippen molar-refractivity contribution in [2.24, 2.45) is 11.7 Å².